The van der Waals surface area contributed by atoms with E-state index in [4.69, 9.17) is 29.4 Å². The molecule has 0 spiro atoms. The van der Waals surface area contributed by atoms with Crippen molar-refractivity contribution in [2.24, 2.45) is 0 Å². The fraction of sp³-hybridized carbons (Fsp3) is 0.231. The number of anilines is 1. The minimum Gasteiger partial charge on any atom is -0.497 e. The number of ether oxygens (including phenoxy) is 5. The molecule has 1 saturated heterocycles. The Morgan fingerprint density at radius 1 is 0.804 bits per heavy atom. The third kappa shape index (κ3) is 5.92. The van der Waals surface area contributed by atoms with Crippen molar-refractivity contribution in [2.75, 3.05) is 27.1 Å². The molecule has 4 aromatic carbocycles. The first-order valence-electron chi connectivity index (χ1n) is 16.3. The topological polar surface area (TPSA) is 153 Å². The van der Waals surface area contributed by atoms with Gasteiger partial charge in [0.15, 0.2) is 17.7 Å². The molecular weight excluding hydrogens is 650 g/mol. The summed E-state index contributed by atoms with van der Waals surface area (Å²) in [5, 5.41) is 12.3. The molecule has 6 aromatic rings. The molecule has 51 heavy (non-hydrogen) atoms. The summed E-state index contributed by atoms with van der Waals surface area (Å²) in [5.74, 6) is 0.862. The van der Waals surface area contributed by atoms with Gasteiger partial charge in [0.05, 0.1) is 31.5 Å². The summed E-state index contributed by atoms with van der Waals surface area (Å²) >= 11 is 0. The number of nitrogens with zero attached hydrogens (tertiary/aromatic N) is 4. The van der Waals surface area contributed by atoms with Gasteiger partial charge in [-0.25, -0.2) is 19.7 Å². The molecule has 0 amide bonds. The summed E-state index contributed by atoms with van der Waals surface area (Å²) in [6.07, 6.45) is -2.74. The van der Waals surface area contributed by atoms with Gasteiger partial charge in [0.1, 0.15) is 47.8 Å². The number of fused-ring (bicyclic) bond motifs is 1. The third-order valence-electron chi connectivity index (χ3n) is 9.47. The van der Waals surface area contributed by atoms with E-state index >= 15 is 0 Å². The number of hydrogen-bond donors (Lipinski definition) is 2. The highest BCUT2D eigenvalue weighted by atomic mass is 16.6. The molecule has 0 aliphatic carbocycles. The van der Waals surface area contributed by atoms with Gasteiger partial charge in [0, 0.05) is 7.11 Å². The van der Waals surface area contributed by atoms with Crippen LogP contribution in [0, 0.1) is 0 Å². The number of benzene rings is 4. The number of aromatic nitrogens is 4. The van der Waals surface area contributed by atoms with Gasteiger partial charge in [-0.2, -0.15) is 0 Å². The number of esters is 1. The highest BCUT2D eigenvalue weighted by molar-refractivity contribution is 5.89. The quantitative estimate of drug-likeness (QED) is 0.140. The lowest BCUT2D eigenvalue weighted by Crippen LogP contribution is -2.54. The molecule has 1 fully saturated rings. The number of aliphatic hydroxyl groups is 1. The van der Waals surface area contributed by atoms with E-state index in [9.17, 15) is 9.90 Å². The second kappa shape index (κ2) is 14.2. The average molecular weight is 688 g/mol. The van der Waals surface area contributed by atoms with E-state index in [1.807, 2.05) is 84.9 Å². The lowest BCUT2D eigenvalue weighted by molar-refractivity contribution is -0.104. The van der Waals surface area contributed by atoms with Crippen LogP contribution in [0.1, 0.15) is 33.3 Å². The van der Waals surface area contributed by atoms with Crippen molar-refractivity contribution in [3.8, 4) is 11.5 Å². The van der Waals surface area contributed by atoms with E-state index in [1.165, 1.54) is 19.8 Å². The molecule has 3 heterocycles. The van der Waals surface area contributed by atoms with Crippen molar-refractivity contribution < 1.29 is 33.6 Å². The Kier molecular flexibility index (Phi) is 9.37. The number of imidazole rings is 1. The first-order valence-corrected chi connectivity index (χ1v) is 16.3. The van der Waals surface area contributed by atoms with E-state index in [0.717, 1.165) is 16.7 Å². The first-order chi connectivity index (χ1) is 24.9. The van der Waals surface area contributed by atoms with Crippen molar-refractivity contribution in [3.05, 3.63) is 144 Å². The smallest absolute Gasteiger partial charge is 0.338 e. The zero-order chi connectivity index (χ0) is 35.5. The van der Waals surface area contributed by atoms with Gasteiger partial charge in [0.25, 0.3) is 0 Å². The summed E-state index contributed by atoms with van der Waals surface area (Å²) in [4.78, 5) is 27.1. The number of carbonyl (C=O) groups excluding carboxylic acids is 1. The van der Waals surface area contributed by atoms with Crippen LogP contribution in [-0.2, 0) is 19.6 Å². The molecule has 1 aliphatic rings. The van der Waals surface area contributed by atoms with Crippen LogP contribution in [0.5, 0.6) is 11.5 Å². The Morgan fingerprint density at radius 3 is 1.94 bits per heavy atom. The van der Waals surface area contributed by atoms with Gasteiger partial charge in [0.2, 0.25) is 0 Å². The monoisotopic (exact) mass is 687 g/mol. The summed E-state index contributed by atoms with van der Waals surface area (Å²) in [5.41, 5.74) is 8.18. The van der Waals surface area contributed by atoms with Crippen LogP contribution < -0.4 is 15.2 Å². The summed E-state index contributed by atoms with van der Waals surface area (Å²) in [6, 6.07) is 33.5. The van der Waals surface area contributed by atoms with Gasteiger partial charge in [-0.1, -0.05) is 72.8 Å². The molecule has 3 N–H and O–H groups in total. The van der Waals surface area contributed by atoms with E-state index in [0.29, 0.717) is 28.2 Å². The van der Waals surface area contributed by atoms with Crippen LogP contribution in [0.4, 0.5) is 5.82 Å². The molecule has 2 aromatic heterocycles. The number of nitrogens with two attached hydrogens (primary N) is 1. The van der Waals surface area contributed by atoms with Crippen LogP contribution >= 0.6 is 0 Å². The molecule has 12 heteroatoms. The summed E-state index contributed by atoms with van der Waals surface area (Å²) in [6.45, 7) is 0. The van der Waals surface area contributed by atoms with Gasteiger partial charge in [-0.15, -0.1) is 0 Å². The van der Waals surface area contributed by atoms with Crippen molar-refractivity contribution in [1.82, 2.24) is 19.5 Å². The molecule has 1 unspecified atom stereocenters. The lowest BCUT2D eigenvalue weighted by Gasteiger charge is -2.44. The fourth-order valence-corrected chi connectivity index (χ4v) is 7.02. The maximum absolute atomic E-state index is 14.3. The number of aliphatic hydroxyl groups excluding tert-OH is 1. The summed E-state index contributed by atoms with van der Waals surface area (Å²) in [7, 11) is 4.68. The van der Waals surface area contributed by atoms with Gasteiger partial charge >= 0.3 is 5.97 Å². The maximum atomic E-state index is 14.3. The standard InChI is InChI=1S/C39H37N5O7/c1-47-28-18-14-26(15-19-28)39(25-12-8-5-9-13-25,27-16-20-29(48-2)21-17-27)34(51-38(46)24-10-6-4-7-11-24)32-31(45)33(49-3)37(50-32)44-23-43-30-35(40)41-22-42-36(30)44/h4-23,31-34,37,45H,1-3H3,(H2,40,41,42)/t31-,32+,33-,34?,37-/m1/s1. The average Bonchev–Trinajstić information content (AvgIpc) is 3.77. The van der Waals surface area contributed by atoms with Gasteiger partial charge in [-0.05, 0) is 53.1 Å². The number of rotatable bonds is 11. The molecule has 1 aliphatic heterocycles. The van der Waals surface area contributed by atoms with Crippen molar-refractivity contribution in [1.29, 1.82) is 0 Å². The minimum atomic E-state index is -1.32. The maximum Gasteiger partial charge on any atom is 0.338 e. The second-order valence-electron chi connectivity index (χ2n) is 12.1. The largest absolute Gasteiger partial charge is 0.497 e. The van der Waals surface area contributed by atoms with Crippen molar-refractivity contribution in [3.63, 3.8) is 0 Å². The predicted octanol–water partition coefficient (Wildman–Crippen LogP) is 4.96. The molecule has 260 valence electrons. The molecule has 7 rings (SSSR count). The highest BCUT2D eigenvalue weighted by Gasteiger charge is 2.58. The minimum absolute atomic E-state index is 0.194. The Morgan fingerprint density at radius 2 is 1.37 bits per heavy atom. The zero-order valence-electron chi connectivity index (χ0n) is 28.2. The van der Waals surface area contributed by atoms with E-state index in [1.54, 1.807) is 43.1 Å². The lowest BCUT2D eigenvalue weighted by atomic mass is 9.63. The molecule has 0 saturated carbocycles. The summed E-state index contributed by atoms with van der Waals surface area (Å²) < 4.78 is 32.2. The van der Waals surface area contributed by atoms with Crippen LogP contribution in [0.3, 0.4) is 0 Å². The van der Waals surface area contributed by atoms with Gasteiger partial charge < -0.3 is 34.5 Å². The number of methoxy groups -OCH3 is 3. The van der Waals surface area contributed by atoms with Crippen molar-refractivity contribution in [2.45, 2.75) is 36.1 Å². The number of hydrogen-bond acceptors (Lipinski definition) is 11. The van der Waals surface area contributed by atoms with Crippen molar-refractivity contribution >= 4 is 23.0 Å². The molecule has 12 nitrogen and oxygen atoms in total. The molecule has 5 atom stereocenters. The second-order valence-corrected chi connectivity index (χ2v) is 12.1. The zero-order valence-corrected chi connectivity index (χ0v) is 28.2. The van der Waals surface area contributed by atoms with Crippen LogP contribution in [0.2, 0.25) is 0 Å². The molecule has 0 bridgehead atoms. The SMILES string of the molecule is COc1ccc(C(c2ccccc2)(c2ccc(OC)cc2)C(OC(=O)c2ccccc2)[C@H]2O[C@@H](n3cnc4c(N)ncnc43)[C@H](OC)[C@@H]2O)cc1. The first kappa shape index (κ1) is 33.7. The van der Waals surface area contributed by atoms with Gasteiger partial charge in [-0.3, -0.25) is 4.57 Å². The Bertz CT molecular complexity index is 2050. The number of nitrogen functional groups attached to an aromatic ring is 1. The number of carbonyl (C=O) groups is 1. The highest BCUT2D eigenvalue weighted by Crippen LogP contribution is 2.49. The Balaban J connectivity index is 1.49. The van der Waals surface area contributed by atoms with E-state index in [2.05, 4.69) is 15.0 Å². The normalized spacial score (nSPS) is 19.5. The predicted molar refractivity (Wildman–Crippen MR) is 188 cm³/mol. The Labute approximate surface area is 294 Å². The van der Waals surface area contributed by atoms with E-state index < -0.39 is 42.0 Å². The fourth-order valence-electron chi connectivity index (χ4n) is 7.02. The van der Waals surface area contributed by atoms with E-state index in [-0.39, 0.29) is 5.82 Å². The molecule has 0 radical (unpaired) electrons. The molecular formula is C39H37N5O7. The third-order valence-corrected chi connectivity index (χ3v) is 9.47. The van der Waals surface area contributed by atoms with Crippen LogP contribution in [0.25, 0.3) is 11.2 Å². The van der Waals surface area contributed by atoms with Crippen LogP contribution in [0.15, 0.2) is 122 Å². The Hall–Kier alpha value is -5.82. The van der Waals surface area contributed by atoms with Crippen LogP contribution in [-0.4, -0.2) is 76.3 Å².